The van der Waals surface area contributed by atoms with Gasteiger partial charge in [0.2, 0.25) is 0 Å². The second-order valence-corrected chi connectivity index (χ2v) is 5.76. The molecule has 1 heterocycles. The first-order chi connectivity index (χ1) is 11.6. The van der Waals surface area contributed by atoms with Crippen LogP contribution in [0.1, 0.15) is 5.56 Å². The molecule has 0 bridgehead atoms. The van der Waals surface area contributed by atoms with E-state index in [4.69, 9.17) is 16.3 Å². The molecule has 5 nitrogen and oxygen atoms in total. The lowest BCUT2D eigenvalue weighted by atomic mass is 10.2. The smallest absolute Gasteiger partial charge is 0.407 e. The molecule has 0 aliphatic rings. The van der Waals surface area contributed by atoms with E-state index in [-0.39, 0.29) is 13.2 Å². The van der Waals surface area contributed by atoms with Crippen LogP contribution < -0.4 is 4.74 Å². The van der Waals surface area contributed by atoms with Gasteiger partial charge in [0.05, 0.1) is 22.5 Å². The van der Waals surface area contributed by atoms with Crippen molar-refractivity contribution in [2.24, 2.45) is 0 Å². The topological polar surface area (TPSA) is 65.6 Å². The summed E-state index contributed by atoms with van der Waals surface area (Å²) in [7, 11) is 0. The fourth-order valence-corrected chi connectivity index (χ4v) is 2.79. The van der Waals surface area contributed by atoms with Gasteiger partial charge in [0, 0.05) is 12.7 Å². The van der Waals surface area contributed by atoms with Crippen LogP contribution in [0.15, 0.2) is 54.7 Å². The molecule has 6 heteroatoms. The Balaban J connectivity index is 1.65. The number of aromatic nitrogens is 1. The molecule has 0 spiro atoms. The van der Waals surface area contributed by atoms with E-state index in [1.807, 2.05) is 48.5 Å². The molecule has 0 aliphatic heterocycles. The van der Waals surface area contributed by atoms with E-state index in [1.165, 1.54) is 4.90 Å². The van der Waals surface area contributed by atoms with Gasteiger partial charge in [-0.1, -0.05) is 48.0 Å². The van der Waals surface area contributed by atoms with Crippen molar-refractivity contribution in [1.29, 1.82) is 0 Å². The van der Waals surface area contributed by atoms with Gasteiger partial charge in [-0.3, -0.25) is 0 Å². The summed E-state index contributed by atoms with van der Waals surface area (Å²) in [5.74, 6) is 0.642. The molecule has 0 atom stereocenters. The number of rotatable bonds is 6. The van der Waals surface area contributed by atoms with Crippen LogP contribution in [0.3, 0.4) is 0 Å². The Morgan fingerprint density at radius 3 is 2.71 bits per heavy atom. The highest BCUT2D eigenvalue weighted by Gasteiger charge is 2.13. The number of nitrogens with zero attached hydrogens (tertiary/aromatic N) is 1. The third kappa shape index (κ3) is 3.63. The minimum absolute atomic E-state index is 0.250. The van der Waals surface area contributed by atoms with E-state index in [0.29, 0.717) is 17.3 Å². The second-order valence-electron chi connectivity index (χ2n) is 5.35. The Morgan fingerprint density at radius 2 is 1.96 bits per heavy atom. The summed E-state index contributed by atoms with van der Waals surface area (Å²) in [6.07, 6.45) is 0.734. The zero-order valence-electron chi connectivity index (χ0n) is 12.9. The highest BCUT2D eigenvalue weighted by atomic mass is 35.5. The van der Waals surface area contributed by atoms with E-state index < -0.39 is 6.09 Å². The molecule has 1 aromatic heterocycles. The molecule has 0 fully saturated rings. The summed E-state index contributed by atoms with van der Waals surface area (Å²) in [4.78, 5) is 15.8. The molecule has 0 saturated carbocycles. The van der Waals surface area contributed by atoms with Crippen LogP contribution in [0.2, 0.25) is 5.02 Å². The van der Waals surface area contributed by atoms with Crippen molar-refractivity contribution in [2.45, 2.75) is 6.54 Å². The lowest BCUT2D eigenvalue weighted by molar-refractivity contribution is 0.132. The molecular weight excluding hydrogens is 328 g/mol. The number of carbonyl (C=O) groups is 1. The minimum Gasteiger partial charge on any atom is -0.491 e. The molecule has 2 aromatic carbocycles. The Hall–Kier alpha value is -2.66. The normalized spacial score (nSPS) is 10.7. The first kappa shape index (κ1) is 16.2. The van der Waals surface area contributed by atoms with Crippen molar-refractivity contribution >= 4 is 28.6 Å². The number of amides is 1. The monoisotopic (exact) mass is 344 g/mol. The van der Waals surface area contributed by atoms with E-state index >= 15 is 0 Å². The molecule has 0 saturated heterocycles. The summed E-state index contributed by atoms with van der Waals surface area (Å²) in [6.45, 7) is 0.844. The van der Waals surface area contributed by atoms with E-state index in [1.54, 1.807) is 6.20 Å². The Morgan fingerprint density at radius 1 is 1.17 bits per heavy atom. The number of fused-ring (bicyclic) bond motifs is 1. The van der Waals surface area contributed by atoms with Crippen molar-refractivity contribution in [3.8, 4) is 5.75 Å². The van der Waals surface area contributed by atoms with Crippen LogP contribution in [0.4, 0.5) is 4.79 Å². The van der Waals surface area contributed by atoms with Gasteiger partial charge in [-0.2, -0.15) is 0 Å². The van der Waals surface area contributed by atoms with Gasteiger partial charge in [-0.25, -0.2) is 4.79 Å². The summed E-state index contributed by atoms with van der Waals surface area (Å²) in [6, 6.07) is 15.1. The average Bonchev–Trinajstić information content (AvgIpc) is 2.97. The van der Waals surface area contributed by atoms with Gasteiger partial charge in [-0.15, -0.1) is 0 Å². The summed E-state index contributed by atoms with van der Waals surface area (Å²) in [5.41, 5.74) is 1.83. The SMILES string of the molecule is O=C(O)N(CCOc1cccc2[nH]cc(Cl)c12)Cc1ccccc1. The summed E-state index contributed by atoms with van der Waals surface area (Å²) < 4.78 is 5.77. The zero-order valence-corrected chi connectivity index (χ0v) is 13.7. The van der Waals surface area contributed by atoms with E-state index in [9.17, 15) is 9.90 Å². The first-order valence-electron chi connectivity index (χ1n) is 7.55. The second kappa shape index (κ2) is 7.27. The number of nitrogens with one attached hydrogen (secondary N) is 1. The van der Waals surface area contributed by atoms with Gasteiger partial charge in [0.15, 0.2) is 0 Å². The fourth-order valence-electron chi connectivity index (χ4n) is 2.54. The van der Waals surface area contributed by atoms with Gasteiger partial charge in [0.25, 0.3) is 0 Å². The molecule has 124 valence electrons. The first-order valence-corrected chi connectivity index (χ1v) is 7.93. The predicted octanol–water partition coefficient (Wildman–Crippen LogP) is 4.38. The zero-order chi connectivity index (χ0) is 16.9. The van der Waals surface area contributed by atoms with Crippen molar-refractivity contribution in [1.82, 2.24) is 9.88 Å². The lowest BCUT2D eigenvalue weighted by Crippen LogP contribution is -2.32. The van der Waals surface area contributed by atoms with Gasteiger partial charge in [-0.05, 0) is 17.7 Å². The van der Waals surface area contributed by atoms with Crippen LogP contribution >= 0.6 is 11.6 Å². The Labute approximate surface area is 144 Å². The highest BCUT2D eigenvalue weighted by Crippen LogP contribution is 2.31. The number of ether oxygens (including phenoxy) is 1. The Kier molecular flexibility index (Phi) is 4.91. The van der Waals surface area contributed by atoms with E-state index in [2.05, 4.69) is 4.98 Å². The molecule has 2 N–H and O–H groups in total. The third-order valence-electron chi connectivity index (χ3n) is 3.73. The number of halogens is 1. The number of hydrogen-bond donors (Lipinski definition) is 2. The van der Waals surface area contributed by atoms with Gasteiger partial charge < -0.3 is 19.7 Å². The number of benzene rings is 2. The molecule has 24 heavy (non-hydrogen) atoms. The summed E-state index contributed by atoms with van der Waals surface area (Å²) in [5, 5.41) is 10.8. The maximum Gasteiger partial charge on any atom is 0.407 e. The van der Waals surface area contributed by atoms with Crippen molar-refractivity contribution in [3.05, 3.63) is 65.3 Å². The Bertz CT molecular complexity index is 833. The van der Waals surface area contributed by atoms with Crippen LogP contribution in [-0.4, -0.2) is 34.2 Å². The predicted molar refractivity (Wildman–Crippen MR) is 93.7 cm³/mol. The van der Waals surface area contributed by atoms with E-state index in [0.717, 1.165) is 16.5 Å². The number of hydrogen-bond acceptors (Lipinski definition) is 2. The molecule has 1 amide bonds. The average molecular weight is 345 g/mol. The fraction of sp³-hybridized carbons (Fsp3) is 0.167. The van der Waals surface area contributed by atoms with Gasteiger partial charge >= 0.3 is 6.09 Å². The molecular formula is C18H17ClN2O3. The van der Waals surface area contributed by atoms with Crippen molar-refractivity contribution in [3.63, 3.8) is 0 Å². The lowest BCUT2D eigenvalue weighted by Gasteiger charge is -2.19. The molecule has 3 aromatic rings. The molecule has 0 radical (unpaired) electrons. The van der Waals surface area contributed by atoms with Crippen molar-refractivity contribution < 1.29 is 14.6 Å². The molecule has 3 rings (SSSR count). The minimum atomic E-state index is -0.972. The highest BCUT2D eigenvalue weighted by molar-refractivity contribution is 6.36. The number of aromatic amines is 1. The van der Waals surface area contributed by atoms with Crippen LogP contribution in [0.25, 0.3) is 10.9 Å². The standard InChI is InChI=1S/C18H17ClN2O3/c19-14-11-20-15-7-4-8-16(17(14)15)24-10-9-21(18(22)23)12-13-5-2-1-3-6-13/h1-8,11,20H,9-10,12H2,(H,22,23). The quantitative estimate of drug-likeness (QED) is 0.697. The van der Waals surface area contributed by atoms with Crippen molar-refractivity contribution in [2.75, 3.05) is 13.2 Å². The number of carboxylic acid groups (broad SMARTS) is 1. The maximum atomic E-state index is 11.4. The third-order valence-corrected chi connectivity index (χ3v) is 4.02. The maximum absolute atomic E-state index is 11.4. The molecule has 0 aliphatic carbocycles. The van der Waals surface area contributed by atoms with Crippen LogP contribution in [-0.2, 0) is 6.54 Å². The van der Waals surface area contributed by atoms with Crippen LogP contribution in [0.5, 0.6) is 5.75 Å². The van der Waals surface area contributed by atoms with Crippen LogP contribution in [0, 0.1) is 0 Å². The molecule has 0 unspecified atom stereocenters. The summed E-state index contributed by atoms with van der Waals surface area (Å²) >= 11 is 6.16. The van der Waals surface area contributed by atoms with Gasteiger partial charge in [0.1, 0.15) is 12.4 Å². The number of H-pyrrole nitrogens is 1. The largest absolute Gasteiger partial charge is 0.491 e.